The Bertz CT molecular complexity index is 524. The zero-order chi connectivity index (χ0) is 14.9. The Morgan fingerprint density at radius 3 is 2.90 bits per heavy atom. The summed E-state index contributed by atoms with van der Waals surface area (Å²) in [5.74, 6) is 1.14. The van der Waals surface area contributed by atoms with Crippen molar-refractivity contribution in [3.63, 3.8) is 0 Å². The number of rotatable bonds is 1. The second kappa shape index (κ2) is 5.31. The van der Waals surface area contributed by atoms with Crippen LogP contribution in [0.3, 0.4) is 0 Å². The van der Waals surface area contributed by atoms with Crippen LogP contribution in [-0.2, 0) is 23.8 Å². The molecule has 7 nitrogen and oxygen atoms in total. The first-order valence-electron chi connectivity index (χ1n) is 5.78. The van der Waals surface area contributed by atoms with Crippen LogP contribution in [0.4, 0.5) is 4.79 Å². The quantitative estimate of drug-likeness (QED) is 0.510. The maximum absolute atomic E-state index is 12.1. The van der Waals surface area contributed by atoms with Crippen LogP contribution in [0.5, 0.6) is 0 Å². The van der Waals surface area contributed by atoms with Crippen molar-refractivity contribution in [1.82, 2.24) is 4.90 Å². The lowest BCUT2D eigenvalue weighted by molar-refractivity contribution is -0.187. The van der Waals surface area contributed by atoms with Gasteiger partial charge in [0, 0.05) is 6.42 Å². The van der Waals surface area contributed by atoms with E-state index < -0.39 is 29.9 Å². The third-order valence-corrected chi connectivity index (χ3v) is 3.34. The van der Waals surface area contributed by atoms with Gasteiger partial charge in [0.2, 0.25) is 12.2 Å². The number of carbonyl (C=O) groups is 3. The number of halogens is 1. The van der Waals surface area contributed by atoms with Crippen molar-refractivity contribution in [2.45, 2.75) is 31.3 Å². The topological polar surface area (TPSA) is 82.1 Å². The first kappa shape index (κ1) is 14.6. The van der Waals surface area contributed by atoms with Gasteiger partial charge in [0.05, 0.1) is 7.11 Å². The van der Waals surface area contributed by atoms with E-state index in [2.05, 4.69) is 16.8 Å². The van der Waals surface area contributed by atoms with Gasteiger partial charge in [-0.15, -0.1) is 11.6 Å². The Kier molecular flexibility index (Phi) is 3.88. The number of ketones is 1. The predicted molar refractivity (Wildman–Crippen MR) is 65.5 cm³/mol. The summed E-state index contributed by atoms with van der Waals surface area (Å²) in [6.45, 7) is 1.46. The molecule has 2 saturated heterocycles. The predicted octanol–water partition coefficient (Wildman–Crippen LogP) is 0.254. The number of methoxy groups -OCH3 is 1. The molecule has 0 radical (unpaired) electrons. The lowest BCUT2D eigenvalue weighted by Gasteiger charge is -2.34. The van der Waals surface area contributed by atoms with Crippen molar-refractivity contribution in [2.24, 2.45) is 0 Å². The van der Waals surface area contributed by atoms with Crippen LogP contribution < -0.4 is 0 Å². The maximum Gasteiger partial charge on any atom is 0.419 e. The molecule has 0 aromatic heterocycles. The van der Waals surface area contributed by atoms with E-state index in [1.54, 1.807) is 0 Å². The smallest absolute Gasteiger partial charge is 0.419 e. The Morgan fingerprint density at radius 2 is 2.30 bits per heavy atom. The lowest BCUT2D eigenvalue weighted by atomic mass is 9.91. The van der Waals surface area contributed by atoms with Crippen LogP contribution in [-0.4, -0.2) is 53.6 Å². The number of nitrogens with zero attached hydrogens (tertiary/aromatic N) is 1. The third kappa shape index (κ3) is 2.32. The van der Waals surface area contributed by atoms with E-state index in [0.29, 0.717) is 0 Å². The van der Waals surface area contributed by atoms with Crippen molar-refractivity contribution in [2.75, 3.05) is 13.0 Å². The molecule has 20 heavy (non-hydrogen) atoms. The molecule has 0 unspecified atom stereocenters. The number of Topliss-reactive ketones (excluding diaryl/α,β-unsaturated/α-hetero) is 1. The number of carbonyl (C=O) groups excluding carboxylic acids is 3. The number of alkyl halides is 1. The number of hydrogen-bond acceptors (Lipinski definition) is 6. The fourth-order valence-corrected chi connectivity index (χ4v) is 2.19. The largest absolute Gasteiger partial charge is 0.450 e. The highest BCUT2D eigenvalue weighted by Crippen LogP contribution is 2.34. The summed E-state index contributed by atoms with van der Waals surface area (Å²) in [6, 6.07) is -0.807. The van der Waals surface area contributed by atoms with Crippen LogP contribution in [0.1, 0.15) is 13.3 Å². The highest BCUT2D eigenvalue weighted by molar-refractivity contribution is 6.28. The van der Waals surface area contributed by atoms with E-state index in [9.17, 15) is 14.4 Å². The van der Waals surface area contributed by atoms with E-state index in [-0.39, 0.29) is 18.1 Å². The summed E-state index contributed by atoms with van der Waals surface area (Å²) < 4.78 is 15.0. The molecule has 8 heteroatoms. The maximum atomic E-state index is 12.1. The monoisotopic (exact) mass is 301 g/mol. The zero-order valence-corrected chi connectivity index (χ0v) is 11.6. The van der Waals surface area contributed by atoms with Crippen molar-refractivity contribution in [3.05, 3.63) is 0 Å². The average molecular weight is 302 g/mol. The highest BCUT2D eigenvalue weighted by Gasteiger charge is 2.55. The standard InChI is InChI=1S/C12H12ClNO6/c1-12(3-4-18-2)8(15)5-7-10(20-12)19-11(17)14(7)9(16)6-13/h7,10H,5-6H2,1-2H3/t7-,10+,12+/m1/s1. The van der Waals surface area contributed by atoms with E-state index in [1.165, 1.54) is 14.0 Å². The van der Waals surface area contributed by atoms with Gasteiger partial charge >= 0.3 is 6.09 Å². The second-order valence-electron chi connectivity index (χ2n) is 4.43. The third-order valence-electron chi connectivity index (χ3n) is 3.11. The molecule has 0 bridgehead atoms. The normalized spacial score (nSPS) is 32.0. The van der Waals surface area contributed by atoms with E-state index >= 15 is 0 Å². The molecule has 2 rings (SSSR count). The van der Waals surface area contributed by atoms with Crippen molar-refractivity contribution >= 4 is 29.4 Å². The first-order chi connectivity index (χ1) is 9.42. The molecule has 0 aromatic carbocycles. The number of fused-ring (bicyclic) bond motifs is 1. The molecule has 0 spiro atoms. The molecule has 3 atom stereocenters. The van der Waals surface area contributed by atoms with Crippen molar-refractivity contribution < 1.29 is 28.6 Å². The molecule has 0 N–H and O–H groups in total. The minimum absolute atomic E-state index is 0.103. The summed E-state index contributed by atoms with van der Waals surface area (Å²) in [5, 5.41) is 0. The Balaban J connectivity index is 2.24. The SMILES string of the molecule is COC#C[C@]1(C)O[C@@H]2OC(=O)N(C(=O)CCl)[C@@H]2CC1=O. The van der Waals surface area contributed by atoms with Crippen molar-refractivity contribution in [1.29, 1.82) is 0 Å². The van der Waals surface area contributed by atoms with Crippen molar-refractivity contribution in [3.8, 4) is 12.0 Å². The van der Waals surface area contributed by atoms with Crippen LogP contribution in [0, 0.1) is 12.0 Å². The fourth-order valence-electron chi connectivity index (χ4n) is 2.06. The molecule has 0 saturated carbocycles. The zero-order valence-electron chi connectivity index (χ0n) is 10.8. The molecule has 0 aromatic rings. The number of amides is 2. The summed E-state index contributed by atoms with van der Waals surface area (Å²) >= 11 is 5.43. The summed E-state index contributed by atoms with van der Waals surface area (Å²) in [6.07, 6.45) is 0.273. The first-order valence-corrected chi connectivity index (χ1v) is 6.31. The van der Waals surface area contributed by atoms with Gasteiger partial charge < -0.3 is 14.2 Å². The van der Waals surface area contributed by atoms with E-state index in [4.69, 9.17) is 21.1 Å². The van der Waals surface area contributed by atoms with Gasteiger partial charge in [-0.2, -0.15) is 0 Å². The van der Waals surface area contributed by atoms with Gasteiger partial charge in [0.25, 0.3) is 0 Å². The van der Waals surface area contributed by atoms with Gasteiger partial charge in [-0.1, -0.05) is 0 Å². The van der Waals surface area contributed by atoms with Gasteiger partial charge in [-0.25, -0.2) is 9.69 Å². The lowest BCUT2D eigenvalue weighted by Crippen LogP contribution is -2.54. The molecule has 2 heterocycles. The number of imide groups is 1. The summed E-state index contributed by atoms with van der Waals surface area (Å²) in [5.41, 5.74) is -1.43. The molecule has 2 amide bonds. The molecule has 2 aliphatic rings. The minimum atomic E-state index is -1.43. The van der Waals surface area contributed by atoms with E-state index in [0.717, 1.165) is 4.90 Å². The van der Waals surface area contributed by atoms with Gasteiger partial charge in [-0.05, 0) is 12.8 Å². The van der Waals surface area contributed by atoms with Crippen LogP contribution in [0.25, 0.3) is 0 Å². The van der Waals surface area contributed by atoms with Crippen LogP contribution in [0.15, 0.2) is 0 Å². The number of hydrogen-bond donors (Lipinski definition) is 0. The van der Waals surface area contributed by atoms with Gasteiger partial charge in [0.1, 0.15) is 18.0 Å². The molecule has 2 fully saturated rings. The summed E-state index contributed by atoms with van der Waals surface area (Å²) in [7, 11) is 1.35. The molecule has 108 valence electrons. The van der Waals surface area contributed by atoms with Crippen LogP contribution >= 0.6 is 11.6 Å². The molecular formula is C12H12ClNO6. The molecule has 2 aliphatic heterocycles. The van der Waals surface area contributed by atoms with Crippen LogP contribution in [0.2, 0.25) is 0 Å². The molecule has 0 aliphatic carbocycles. The highest BCUT2D eigenvalue weighted by atomic mass is 35.5. The Labute approximate surface area is 120 Å². The van der Waals surface area contributed by atoms with E-state index in [1.807, 2.05) is 0 Å². The summed E-state index contributed by atoms with van der Waals surface area (Å²) in [4.78, 5) is 36.2. The Hall–Kier alpha value is -1.78. The molecular weight excluding hydrogens is 290 g/mol. The van der Waals surface area contributed by atoms with Gasteiger partial charge in [0.15, 0.2) is 11.4 Å². The van der Waals surface area contributed by atoms with Gasteiger partial charge in [-0.3, -0.25) is 9.59 Å². The number of ether oxygens (including phenoxy) is 3. The average Bonchev–Trinajstić information content (AvgIpc) is 2.71. The fraction of sp³-hybridized carbons (Fsp3) is 0.583. The second-order valence-corrected chi connectivity index (χ2v) is 4.69. The Morgan fingerprint density at radius 1 is 1.60 bits per heavy atom. The minimum Gasteiger partial charge on any atom is -0.450 e.